The summed E-state index contributed by atoms with van der Waals surface area (Å²) >= 11 is 15.8. The van der Waals surface area contributed by atoms with Gasteiger partial charge in [0, 0.05) is 5.56 Å². The van der Waals surface area contributed by atoms with Crippen LogP contribution in [0, 0.1) is 0 Å². The van der Waals surface area contributed by atoms with Crippen LogP contribution in [0.3, 0.4) is 0 Å². The minimum atomic E-state index is -2.33. The molecule has 0 aliphatic heterocycles. The number of oxime groups is 1. The minimum absolute atomic E-state index is 0.0674. The van der Waals surface area contributed by atoms with Gasteiger partial charge in [0.05, 0.1) is 0 Å². The molecule has 0 saturated carbocycles. The highest BCUT2D eigenvalue weighted by Gasteiger charge is 2.32. The van der Waals surface area contributed by atoms with E-state index in [9.17, 15) is 14.4 Å². The number of hydrogen-bond donors (Lipinski definition) is 2. The van der Waals surface area contributed by atoms with E-state index >= 15 is 0 Å². The third kappa shape index (κ3) is 5.93. The summed E-state index contributed by atoms with van der Waals surface area (Å²) in [4.78, 5) is 38.3. The van der Waals surface area contributed by atoms with Crippen molar-refractivity contribution in [2.24, 2.45) is 5.16 Å². The van der Waals surface area contributed by atoms with Crippen LogP contribution in [0.2, 0.25) is 0 Å². The quantitative estimate of drug-likeness (QED) is 0.467. The molecule has 1 rings (SSSR count). The number of amides is 2. The molecule has 0 unspecified atom stereocenters. The first-order valence-electron chi connectivity index (χ1n) is 5.70. The minimum Gasteiger partial charge on any atom is -0.476 e. The Hall–Kier alpha value is -2.03. The molecule has 0 saturated heterocycles. The van der Waals surface area contributed by atoms with Crippen LogP contribution in [0.15, 0.2) is 29.4 Å². The summed E-state index contributed by atoms with van der Waals surface area (Å²) in [5.74, 6) is -2.61. The zero-order valence-electron chi connectivity index (χ0n) is 11.4. The van der Waals surface area contributed by atoms with Crippen molar-refractivity contribution >= 4 is 58.5 Å². The first-order valence-corrected chi connectivity index (χ1v) is 6.83. The molecule has 0 atom stereocenters. The van der Waals surface area contributed by atoms with Crippen molar-refractivity contribution in [3.63, 3.8) is 0 Å². The van der Waals surface area contributed by atoms with Crippen molar-refractivity contribution in [1.82, 2.24) is 5.32 Å². The molecule has 0 bridgehead atoms. The summed E-state index contributed by atoms with van der Waals surface area (Å²) in [6, 6.07) is 5.35. The van der Waals surface area contributed by atoms with Crippen LogP contribution in [-0.2, 0) is 14.4 Å². The number of ether oxygens (including phenoxy) is 1. The van der Waals surface area contributed by atoms with Crippen LogP contribution in [-0.4, -0.2) is 39.7 Å². The summed E-state index contributed by atoms with van der Waals surface area (Å²) in [5, 5.41) is 14.1. The van der Waals surface area contributed by atoms with Gasteiger partial charge in [0.2, 0.25) is 0 Å². The molecule has 0 radical (unpaired) electrons. The lowest BCUT2D eigenvalue weighted by molar-refractivity contribution is -0.129. The van der Waals surface area contributed by atoms with Gasteiger partial charge in [-0.3, -0.25) is 10.1 Å². The number of aliphatic carboxylic acids is 1. The second-order valence-electron chi connectivity index (χ2n) is 3.80. The Balaban J connectivity index is 2.89. The molecule has 0 aliphatic carbocycles. The summed E-state index contributed by atoms with van der Waals surface area (Å²) in [6.45, 7) is 0. The number of hydrogen-bond acceptors (Lipinski definition) is 6. The Kier molecular flexibility index (Phi) is 6.62. The number of carboxylic acids is 1. The largest absolute Gasteiger partial charge is 0.476 e. The molecule has 0 spiro atoms. The highest BCUT2D eigenvalue weighted by molar-refractivity contribution is 6.76. The number of nitrogens with zero attached hydrogens (tertiary/aromatic N) is 1. The van der Waals surface area contributed by atoms with Gasteiger partial charge in [0.15, 0.2) is 5.71 Å². The number of benzene rings is 1. The summed E-state index contributed by atoms with van der Waals surface area (Å²) in [7, 11) is 1.18. The predicted octanol–water partition coefficient (Wildman–Crippen LogP) is 2.11. The van der Waals surface area contributed by atoms with Crippen LogP contribution >= 0.6 is 34.8 Å². The fourth-order valence-corrected chi connectivity index (χ4v) is 1.45. The molecule has 0 aromatic heterocycles. The van der Waals surface area contributed by atoms with Crippen LogP contribution < -0.4 is 10.1 Å². The summed E-state index contributed by atoms with van der Waals surface area (Å²) < 4.78 is 2.46. The SMILES string of the molecule is CON=C(C(=O)O)c1cccc(OC(=O)NC(=O)C(Cl)(Cl)Cl)c1. The number of carbonyl (C=O) groups excluding carboxylic acids is 2. The van der Waals surface area contributed by atoms with Crippen LogP contribution in [0.5, 0.6) is 5.75 Å². The number of carboxylic acid groups (broad SMARTS) is 1. The van der Waals surface area contributed by atoms with E-state index in [-0.39, 0.29) is 11.3 Å². The van der Waals surface area contributed by atoms with Crippen molar-refractivity contribution in [1.29, 1.82) is 0 Å². The lowest BCUT2D eigenvalue weighted by Crippen LogP contribution is -2.40. The van der Waals surface area contributed by atoms with E-state index in [1.54, 1.807) is 5.32 Å². The molecule has 0 heterocycles. The van der Waals surface area contributed by atoms with Crippen molar-refractivity contribution in [3.8, 4) is 5.75 Å². The molecular formula is C12H9Cl3N2O6. The predicted molar refractivity (Wildman–Crippen MR) is 82.1 cm³/mol. The molecule has 1 aromatic carbocycles. The first kappa shape index (κ1) is 19.0. The molecule has 124 valence electrons. The third-order valence-corrected chi connectivity index (χ3v) is 2.69. The fourth-order valence-electron chi connectivity index (χ4n) is 1.31. The fraction of sp³-hybridized carbons (Fsp3) is 0.167. The number of nitrogens with one attached hydrogen (secondary N) is 1. The van der Waals surface area contributed by atoms with Gasteiger partial charge in [-0.1, -0.05) is 52.1 Å². The molecule has 1 aromatic rings. The van der Waals surface area contributed by atoms with Gasteiger partial charge in [-0.15, -0.1) is 0 Å². The highest BCUT2D eigenvalue weighted by Crippen LogP contribution is 2.25. The maximum atomic E-state index is 11.5. The van der Waals surface area contributed by atoms with Gasteiger partial charge in [-0.2, -0.15) is 0 Å². The molecular weight excluding hydrogens is 374 g/mol. The van der Waals surface area contributed by atoms with E-state index in [0.29, 0.717) is 0 Å². The lowest BCUT2D eigenvalue weighted by Gasteiger charge is -2.11. The van der Waals surface area contributed by atoms with E-state index < -0.39 is 27.5 Å². The van der Waals surface area contributed by atoms with E-state index in [1.807, 2.05) is 0 Å². The van der Waals surface area contributed by atoms with Gasteiger partial charge in [0.1, 0.15) is 12.9 Å². The van der Waals surface area contributed by atoms with Gasteiger partial charge in [-0.05, 0) is 12.1 Å². The monoisotopic (exact) mass is 382 g/mol. The van der Waals surface area contributed by atoms with Crippen LogP contribution in [0.4, 0.5) is 4.79 Å². The molecule has 2 amide bonds. The summed E-state index contributed by atoms with van der Waals surface area (Å²) in [5.41, 5.74) is -0.298. The van der Waals surface area contributed by atoms with Gasteiger partial charge in [0.25, 0.3) is 9.70 Å². The smallest absolute Gasteiger partial charge is 0.419 e. The zero-order chi connectivity index (χ0) is 17.6. The molecule has 23 heavy (non-hydrogen) atoms. The van der Waals surface area contributed by atoms with Gasteiger partial charge in [-0.25, -0.2) is 9.59 Å². The molecule has 0 fully saturated rings. The average molecular weight is 384 g/mol. The standard InChI is InChI=1S/C12H9Cl3N2O6/c1-22-17-8(9(18)19)6-3-2-4-7(5-6)23-11(21)16-10(20)12(13,14)15/h2-5H,1H3,(H,18,19)(H,16,20,21). The number of rotatable bonds is 4. The highest BCUT2D eigenvalue weighted by atomic mass is 35.6. The number of halogens is 3. The summed E-state index contributed by atoms with van der Waals surface area (Å²) in [6.07, 6.45) is -1.21. The Morgan fingerprint density at radius 2 is 1.91 bits per heavy atom. The van der Waals surface area contributed by atoms with E-state index in [2.05, 4.69) is 9.99 Å². The van der Waals surface area contributed by atoms with Crippen molar-refractivity contribution in [2.45, 2.75) is 3.79 Å². The normalized spacial score (nSPS) is 11.6. The number of alkyl halides is 3. The Labute approximate surface area is 144 Å². The van der Waals surface area contributed by atoms with Crippen LogP contribution in [0.25, 0.3) is 0 Å². The molecule has 8 nitrogen and oxygen atoms in total. The second kappa shape index (κ2) is 8.00. The van der Waals surface area contributed by atoms with Crippen molar-refractivity contribution < 1.29 is 29.1 Å². The average Bonchev–Trinajstić information content (AvgIpc) is 2.43. The van der Waals surface area contributed by atoms with E-state index in [4.69, 9.17) is 44.6 Å². The maximum absolute atomic E-state index is 11.5. The zero-order valence-corrected chi connectivity index (χ0v) is 13.6. The lowest BCUT2D eigenvalue weighted by atomic mass is 10.1. The number of imide groups is 1. The van der Waals surface area contributed by atoms with E-state index in [1.165, 1.54) is 31.4 Å². The number of carbonyl (C=O) groups is 3. The van der Waals surface area contributed by atoms with Crippen LogP contribution in [0.1, 0.15) is 5.56 Å². The maximum Gasteiger partial charge on any atom is 0.419 e. The van der Waals surface area contributed by atoms with E-state index in [0.717, 1.165) is 0 Å². The van der Waals surface area contributed by atoms with Crippen molar-refractivity contribution in [3.05, 3.63) is 29.8 Å². The second-order valence-corrected chi connectivity index (χ2v) is 6.08. The Bertz CT molecular complexity index is 656. The Morgan fingerprint density at radius 1 is 1.26 bits per heavy atom. The van der Waals surface area contributed by atoms with Gasteiger partial charge >= 0.3 is 12.1 Å². The topological polar surface area (TPSA) is 114 Å². The molecule has 2 N–H and O–H groups in total. The molecule has 0 aliphatic rings. The Morgan fingerprint density at radius 3 is 2.43 bits per heavy atom. The first-order chi connectivity index (χ1) is 10.6. The molecule has 11 heteroatoms. The van der Waals surface area contributed by atoms with Gasteiger partial charge < -0.3 is 14.7 Å². The third-order valence-electron chi connectivity index (χ3n) is 2.18. The van der Waals surface area contributed by atoms with Crippen molar-refractivity contribution in [2.75, 3.05) is 7.11 Å².